The Kier molecular flexibility index (Phi) is 9.98. The lowest BCUT2D eigenvalue weighted by atomic mass is 9.80. The second-order valence-electron chi connectivity index (χ2n) is 7.95. The number of aliphatic imine (C=N–C) groups is 1. The van der Waals surface area contributed by atoms with Crippen LogP contribution in [0.2, 0.25) is 0 Å². The number of benzene rings is 1. The molecule has 1 saturated carbocycles. The van der Waals surface area contributed by atoms with Crippen LogP contribution in [0, 0.1) is 0 Å². The predicted octanol–water partition coefficient (Wildman–Crippen LogP) is 3.36. The number of methoxy groups -OCH3 is 1. The van der Waals surface area contributed by atoms with E-state index in [0.717, 1.165) is 56.7 Å². The zero-order valence-corrected chi connectivity index (χ0v) is 20.5. The summed E-state index contributed by atoms with van der Waals surface area (Å²) in [6.45, 7) is 5.48. The van der Waals surface area contributed by atoms with Crippen molar-refractivity contribution in [2.75, 3.05) is 54.1 Å². The Bertz CT molecular complexity index is 643. The number of guanidine groups is 1. The molecule has 1 aromatic carbocycles. The van der Waals surface area contributed by atoms with Crippen LogP contribution in [0.15, 0.2) is 29.3 Å². The molecule has 0 radical (unpaired) electrons. The number of nitrogens with zero attached hydrogens (tertiary/aromatic N) is 3. The topological polar surface area (TPSA) is 49.3 Å². The summed E-state index contributed by atoms with van der Waals surface area (Å²) >= 11 is 0. The predicted molar refractivity (Wildman–Crippen MR) is 129 cm³/mol. The van der Waals surface area contributed by atoms with E-state index in [0.29, 0.717) is 0 Å². The van der Waals surface area contributed by atoms with Crippen LogP contribution < -0.4 is 10.1 Å². The molecule has 0 amide bonds. The molecular formula is C22H37IN4O2. The average Bonchev–Trinajstić information content (AvgIpc) is 2.76. The van der Waals surface area contributed by atoms with E-state index in [9.17, 15) is 0 Å². The molecule has 0 spiro atoms. The molecule has 0 bridgehead atoms. The molecule has 29 heavy (non-hydrogen) atoms. The van der Waals surface area contributed by atoms with Gasteiger partial charge in [0.05, 0.1) is 20.3 Å². The van der Waals surface area contributed by atoms with Gasteiger partial charge in [0.1, 0.15) is 5.75 Å². The zero-order chi connectivity index (χ0) is 19.8. The summed E-state index contributed by atoms with van der Waals surface area (Å²) < 4.78 is 11.1. The molecule has 1 aromatic rings. The molecule has 7 heteroatoms. The Labute approximate surface area is 193 Å². The van der Waals surface area contributed by atoms with Crippen molar-refractivity contribution in [2.45, 2.75) is 44.2 Å². The first-order valence-corrected chi connectivity index (χ1v) is 10.5. The summed E-state index contributed by atoms with van der Waals surface area (Å²) in [5.41, 5.74) is 1.39. The summed E-state index contributed by atoms with van der Waals surface area (Å²) in [7, 11) is 5.68. The van der Waals surface area contributed by atoms with Crippen molar-refractivity contribution in [3.05, 3.63) is 29.8 Å². The maximum atomic E-state index is 5.60. The van der Waals surface area contributed by atoms with E-state index in [1.54, 1.807) is 7.11 Å². The molecule has 1 heterocycles. The first-order valence-electron chi connectivity index (χ1n) is 10.5. The maximum absolute atomic E-state index is 5.60. The summed E-state index contributed by atoms with van der Waals surface area (Å²) in [6, 6.07) is 8.18. The zero-order valence-electron chi connectivity index (χ0n) is 18.2. The van der Waals surface area contributed by atoms with E-state index in [1.807, 2.05) is 19.2 Å². The lowest BCUT2D eigenvalue weighted by Crippen LogP contribution is -2.60. The van der Waals surface area contributed by atoms with Gasteiger partial charge in [-0.1, -0.05) is 37.5 Å². The van der Waals surface area contributed by atoms with Gasteiger partial charge in [0.15, 0.2) is 5.96 Å². The smallest absolute Gasteiger partial charge is 0.193 e. The van der Waals surface area contributed by atoms with Crippen LogP contribution in [0.25, 0.3) is 0 Å². The SMILES string of the molecule is CN=C(NCC1(N2CCOCC2)CCCCC1)N(C)Cc1ccccc1OC.I. The van der Waals surface area contributed by atoms with Gasteiger partial charge in [0, 0.05) is 51.4 Å². The van der Waals surface area contributed by atoms with Gasteiger partial charge < -0.3 is 19.7 Å². The van der Waals surface area contributed by atoms with Gasteiger partial charge in [-0.3, -0.25) is 9.89 Å². The van der Waals surface area contributed by atoms with Gasteiger partial charge in [0.2, 0.25) is 0 Å². The fourth-order valence-corrected chi connectivity index (χ4v) is 4.64. The van der Waals surface area contributed by atoms with E-state index < -0.39 is 0 Å². The number of hydrogen-bond donors (Lipinski definition) is 1. The maximum Gasteiger partial charge on any atom is 0.193 e. The third-order valence-corrected chi connectivity index (χ3v) is 6.22. The third kappa shape index (κ3) is 6.21. The van der Waals surface area contributed by atoms with Crippen LogP contribution in [-0.2, 0) is 11.3 Å². The molecule has 1 aliphatic carbocycles. The van der Waals surface area contributed by atoms with E-state index >= 15 is 0 Å². The van der Waals surface area contributed by atoms with Gasteiger partial charge >= 0.3 is 0 Å². The molecule has 6 nitrogen and oxygen atoms in total. The number of morpholine rings is 1. The molecule has 2 fully saturated rings. The number of nitrogens with one attached hydrogen (secondary N) is 1. The van der Waals surface area contributed by atoms with Crippen LogP contribution in [0.1, 0.15) is 37.7 Å². The highest BCUT2D eigenvalue weighted by Crippen LogP contribution is 2.34. The fraction of sp³-hybridized carbons (Fsp3) is 0.682. The van der Waals surface area contributed by atoms with Crippen LogP contribution in [0.4, 0.5) is 0 Å². The van der Waals surface area contributed by atoms with Crippen LogP contribution >= 0.6 is 24.0 Å². The van der Waals surface area contributed by atoms with Crippen molar-refractivity contribution in [3.8, 4) is 5.75 Å². The van der Waals surface area contributed by atoms with Crippen molar-refractivity contribution >= 4 is 29.9 Å². The molecule has 0 unspecified atom stereocenters. The van der Waals surface area contributed by atoms with E-state index in [2.05, 4.69) is 39.3 Å². The molecule has 3 rings (SSSR count). The molecule has 0 atom stereocenters. The normalized spacial score (nSPS) is 19.9. The minimum atomic E-state index is 0. The van der Waals surface area contributed by atoms with E-state index in [-0.39, 0.29) is 29.5 Å². The van der Waals surface area contributed by atoms with Crippen molar-refractivity contribution in [1.29, 1.82) is 0 Å². The summed E-state index contributed by atoms with van der Waals surface area (Å²) in [6.07, 6.45) is 6.50. The lowest BCUT2D eigenvalue weighted by molar-refractivity contribution is -0.0354. The number of ether oxygens (including phenoxy) is 2. The van der Waals surface area contributed by atoms with Crippen LogP contribution in [0.3, 0.4) is 0 Å². The van der Waals surface area contributed by atoms with Crippen molar-refractivity contribution < 1.29 is 9.47 Å². The average molecular weight is 516 g/mol. The Morgan fingerprint density at radius 2 is 1.90 bits per heavy atom. The summed E-state index contributed by atoms with van der Waals surface area (Å²) in [4.78, 5) is 9.38. The Morgan fingerprint density at radius 3 is 2.55 bits per heavy atom. The van der Waals surface area contributed by atoms with Crippen molar-refractivity contribution in [3.63, 3.8) is 0 Å². The van der Waals surface area contributed by atoms with Gasteiger partial charge in [-0.05, 0) is 18.9 Å². The third-order valence-electron chi connectivity index (χ3n) is 6.22. The Hall–Kier alpha value is -1.06. The van der Waals surface area contributed by atoms with E-state index in [1.165, 1.54) is 32.1 Å². The number of rotatable bonds is 6. The minimum Gasteiger partial charge on any atom is -0.496 e. The van der Waals surface area contributed by atoms with Crippen LogP contribution in [0.5, 0.6) is 5.75 Å². The molecule has 0 aromatic heterocycles. The minimum absolute atomic E-state index is 0. The second kappa shape index (κ2) is 12.0. The fourth-order valence-electron chi connectivity index (χ4n) is 4.64. The Balaban J connectivity index is 0.00000300. The highest BCUT2D eigenvalue weighted by molar-refractivity contribution is 14.0. The monoisotopic (exact) mass is 516 g/mol. The molecule has 1 N–H and O–H groups in total. The van der Waals surface area contributed by atoms with Crippen molar-refractivity contribution in [1.82, 2.24) is 15.1 Å². The quantitative estimate of drug-likeness (QED) is 0.357. The number of hydrogen-bond acceptors (Lipinski definition) is 4. The summed E-state index contributed by atoms with van der Waals surface area (Å²) in [5, 5.41) is 3.69. The van der Waals surface area contributed by atoms with Crippen LogP contribution in [-0.4, -0.2) is 75.4 Å². The first-order chi connectivity index (χ1) is 13.7. The highest BCUT2D eigenvalue weighted by Gasteiger charge is 2.38. The number of para-hydroxylation sites is 1. The summed E-state index contributed by atoms with van der Waals surface area (Å²) in [5.74, 6) is 1.85. The van der Waals surface area contributed by atoms with Gasteiger partial charge in [0.25, 0.3) is 0 Å². The van der Waals surface area contributed by atoms with Gasteiger partial charge in [-0.15, -0.1) is 24.0 Å². The molecule has 164 valence electrons. The molecule has 1 saturated heterocycles. The van der Waals surface area contributed by atoms with Gasteiger partial charge in [-0.2, -0.15) is 0 Å². The lowest BCUT2D eigenvalue weighted by Gasteiger charge is -2.48. The number of halogens is 1. The molecule has 2 aliphatic rings. The first kappa shape index (κ1) is 24.2. The second-order valence-corrected chi connectivity index (χ2v) is 7.95. The largest absolute Gasteiger partial charge is 0.496 e. The molecular weight excluding hydrogens is 479 g/mol. The Morgan fingerprint density at radius 1 is 1.21 bits per heavy atom. The molecule has 1 aliphatic heterocycles. The van der Waals surface area contributed by atoms with Gasteiger partial charge in [-0.25, -0.2) is 0 Å². The standard InChI is InChI=1S/C22H36N4O2.HI/c1-23-21(25(2)17-19-9-5-6-10-20(19)27-3)24-18-22(11-7-4-8-12-22)26-13-15-28-16-14-26;/h5-6,9-10H,4,7-8,11-18H2,1-3H3,(H,23,24);1H. The van der Waals surface area contributed by atoms with E-state index in [4.69, 9.17) is 9.47 Å². The van der Waals surface area contributed by atoms with Crippen molar-refractivity contribution in [2.24, 2.45) is 4.99 Å². The highest BCUT2D eigenvalue weighted by atomic mass is 127.